The summed E-state index contributed by atoms with van der Waals surface area (Å²) in [6.07, 6.45) is 6.76. The van der Waals surface area contributed by atoms with E-state index in [4.69, 9.17) is 0 Å². The topological polar surface area (TPSA) is 29.9 Å². The Balaban J connectivity index is 2.27. The fraction of sp³-hybridized carbons (Fsp3) is 0.545. The molecule has 3 heteroatoms. The lowest BCUT2D eigenvalue weighted by molar-refractivity contribution is 0.500. The van der Waals surface area contributed by atoms with E-state index in [0.29, 0.717) is 0 Å². The van der Waals surface area contributed by atoms with Crippen molar-refractivity contribution in [3.05, 3.63) is 24.5 Å². The van der Waals surface area contributed by atoms with Gasteiger partial charge in [0.25, 0.3) is 0 Å². The van der Waals surface area contributed by atoms with Crippen molar-refractivity contribution in [1.82, 2.24) is 15.1 Å². The van der Waals surface area contributed by atoms with Crippen LogP contribution in [-0.4, -0.2) is 16.3 Å². The van der Waals surface area contributed by atoms with Crippen LogP contribution in [0.1, 0.15) is 25.8 Å². The predicted molar refractivity (Wildman–Crippen MR) is 59.8 cm³/mol. The van der Waals surface area contributed by atoms with Gasteiger partial charge in [0.1, 0.15) is 0 Å². The number of nitrogens with one attached hydrogen (secondary N) is 1. The van der Waals surface area contributed by atoms with E-state index in [-0.39, 0.29) is 0 Å². The first-order valence-electron chi connectivity index (χ1n) is 5.12. The normalized spacial score (nSPS) is 12.7. The molecule has 1 aromatic heterocycles. The third-order valence-electron chi connectivity index (χ3n) is 2.36. The molecule has 0 radical (unpaired) electrons. The Morgan fingerprint density at radius 3 is 3.07 bits per heavy atom. The molecular formula is C11H19N3. The number of rotatable bonds is 6. The Morgan fingerprint density at radius 2 is 2.50 bits per heavy atom. The zero-order valence-electron chi connectivity index (χ0n) is 9.03. The summed E-state index contributed by atoms with van der Waals surface area (Å²) in [6, 6.07) is 0. The van der Waals surface area contributed by atoms with Crippen LogP contribution < -0.4 is 5.32 Å². The molecule has 78 valence electrons. The molecule has 0 spiro atoms. The quantitative estimate of drug-likeness (QED) is 0.750. The van der Waals surface area contributed by atoms with Crippen molar-refractivity contribution in [3.8, 4) is 0 Å². The van der Waals surface area contributed by atoms with Crippen LogP contribution in [0, 0.1) is 5.92 Å². The van der Waals surface area contributed by atoms with E-state index >= 15 is 0 Å². The third-order valence-corrected chi connectivity index (χ3v) is 2.36. The summed E-state index contributed by atoms with van der Waals surface area (Å²) in [5.41, 5.74) is 1.20. The second-order valence-electron chi connectivity index (χ2n) is 3.66. The van der Waals surface area contributed by atoms with Crippen LogP contribution in [-0.2, 0) is 6.54 Å². The van der Waals surface area contributed by atoms with Crippen molar-refractivity contribution in [2.75, 3.05) is 6.54 Å². The Hall–Kier alpha value is -1.09. The highest BCUT2D eigenvalue weighted by Crippen LogP contribution is 2.00. The first kappa shape index (κ1) is 11.0. The number of nitrogens with zero attached hydrogens (tertiary/aromatic N) is 2. The largest absolute Gasteiger partial charge is 0.312 e. The molecule has 1 rings (SSSR count). The van der Waals surface area contributed by atoms with Gasteiger partial charge in [0.15, 0.2) is 0 Å². The maximum atomic E-state index is 4.11. The van der Waals surface area contributed by atoms with Gasteiger partial charge in [-0.15, -0.1) is 0 Å². The maximum Gasteiger partial charge on any atom is 0.0538 e. The van der Waals surface area contributed by atoms with Gasteiger partial charge in [-0.25, -0.2) is 4.68 Å². The van der Waals surface area contributed by atoms with E-state index in [1.165, 1.54) is 12.0 Å². The van der Waals surface area contributed by atoms with Crippen molar-refractivity contribution in [2.24, 2.45) is 5.92 Å². The molecule has 0 saturated carbocycles. The maximum absolute atomic E-state index is 4.11. The van der Waals surface area contributed by atoms with Crippen LogP contribution in [0.3, 0.4) is 0 Å². The first-order valence-corrected chi connectivity index (χ1v) is 5.12. The molecule has 3 nitrogen and oxygen atoms in total. The van der Waals surface area contributed by atoms with E-state index in [1.54, 1.807) is 10.9 Å². The Bertz CT molecular complexity index is 278. The molecule has 1 aromatic rings. The average molecular weight is 193 g/mol. The standard InChI is InChI=1S/C11H19N3/c1-4-10(3)6-12-7-11-8-13-14(5-2)9-11/h5,8-10,12H,2,4,6-7H2,1,3H3. The van der Waals surface area contributed by atoms with E-state index in [9.17, 15) is 0 Å². The number of hydrogen-bond donors (Lipinski definition) is 1. The molecule has 1 atom stereocenters. The van der Waals surface area contributed by atoms with Crippen LogP contribution in [0.25, 0.3) is 6.20 Å². The molecule has 1 unspecified atom stereocenters. The van der Waals surface area contributed by atoms with Crippen LogP contribution in [0.4, 0.5) is 0 Å². The summed E-state index contributed by atoms with van der Waals surface area (Å²) in [6.45, 7) is 10.1. The lowest BCUT2D eigenvalue weighted by atomic mass is 10.1. The van der Waals surface area contributed by atoms with Crippen LogP contribution >= 0.6 is 0 Å². The summed E-state index contributed by atoms with van der Waals surface area (Å²) in [7, 11) is 0. The van der Waals surface area contributed by atoms with E-state index in [0.717, 1.165) is 19.0 Å². The summed E-state index contributed by atoms with van der Waals surface area (Å²) in [4.78, 5) is 0. The molecule has 1 heterocycles. The average Bonchev–Trinajstić information content (AvgIpc) is 2.65. The minimum atomic E-state index is 0.740. The van der Waals surface area contributed by atoms with Crippen molar-refractivity contribution in [3.63, 3.8) is 0 Å². The van der Waals surface area contributed by atoms with Crippen LogP contribution in [0.15, 0.2) is 19.0 Å². The van der Waals surface area contributed by atoms with Crippen LogP contribution in [0.5, 0.6) is 0 Å². The molecular weight excluding hydrogens is 174 g/mol. The zero-order valence-corrected chi connectivity index (χ0v) is 9.03. The molecule has 14 heavy (non-hydrogen) atoms. The molecule has 1 N–H and O–H groups in total. The molecule has 0 aliphatic rings. The summed E-state index contributed by atoms with van der Waals surface area (Å²) < 4.78 is 1.72. The minimum absolute atomic E-state index is 0.740. The van der Waals surface area contributed by atoms with Gasteiger partial charge in [0.2, 0.25) is 0 Å². The van der Waals surface area contributed by atoms with E-state index in [1.807, 2.05) is 12.4 Å². The molecule has 0 amide bonds. The fourth-order valence-corrected chi connectivity index (χ4v) is 1.18. The van der Waals surface area contributed by atoms with Crippen molar-refractivity contribution in [2.45, 2.75) is 26.8 Å². The van der Waals surface area contributed by atoms with Gasteiger partial charge in [-0.05, 0) is 12.5 Å². The van der Waals surface area contributed by atoms with Crippen molar-refractivity contribution < 1.29 is 0 Å². The van der Waals surface area contributed by atoms with Crippen molar-refractivity contribution >= 4 is 6.20 Å². The summed E-state index contributed by atoms with van der Waals surface area (Å²) >= 11 is 0. The second kappa shape index (κ2) is 5.60. The molecule has 0 fully saturated rings. The van der Waals surface area contributed by atoms with Crippen LogP contribution in [0.2, 0.25) is 0 Å². The summed E-state index contributed by atoms with van der Waals surface area (Å²) in [5.74, 6) is 0.740. The van der Waals surface area contributed by atoms with Gasteiger partial charge in [-0.1, -0.05) is 26.8 Å². The highest BCUT2D eigenvalue weighted by atomic mass is 15.2. The van der Waals surface area contributed by atoms with Gasteiger partial charge in [-0.3, -0.25) is 0 Å². The number of aromatic nitrogens is 2. The lowest BCUT2D eigenvalue weighted by Gasteiger charge is -2.08. The SMILES string of the molecule is C=Cn1cc(CNCC(C)CC)cn1. The molecule has 0 aliphatic heterocycles. The molecule has 0 aromatic carbocycles. The Kier molecular flexibility index (Phi) is 4.40. The third kappa shape index (κ3) is 3.34. The van der Waals surface area contributed by atoms with E-state index < -0.39 is 0 Å². The molecule has 0 saturated heterocycles. The van der Waals surface area contributed by atoms with Crippen molar-refractivity contribution in [1.29, 1.82) is 0 Å². The van der Waals surface area contributed by atoms with E-state index in [2.05, 4.69) is 30.8 Å². The first-order chi connectivity index (χ1) is 6.76. The molecule has 0 aliphatic carbocycles. The fourth-order valence-electron chi connectivity index (χ4n) is 1.18. The zero-order chi connectivity index (χ0) is 10.4. The Morgan fingerprint density at radius 1 is 1.71 bits per heavy atom. The van der Waals surface area contributed by atoms with Gasteiger partial charge in [0.05, 0.1) is 6.20 Å². The molecule has 0 bridgehead atoms. The van der Waals surface area contributed by atoms with Gasteiger partial charge in [0, 0.05) is 24.5 Å². The minimum Gasteiger partial charge on any atom is -0.312 e. The summed E-state index contributed by atoms with van der Waals surface area (Å²) in [5, 5.41) is 7.51. The van der Waals surface area contributed by atoms with Gasteiger partial charge >= 0.3 is 0 Å². The second-order valence-corrected chi connectivity index (χ2v) is 3.66. The highest BCUT2D eigenvalue weighted by Gasteiger charge is 1.99. The predicted octanol–water partition coefficient (Wildman–Crippen LogP) is 2.12. The smallest absolute Gasteiger partial charge is 0.0538 e. The lowest BCUT2D eigenvalue weighted by Crippen LogP contribution is -2.19. The Labute approximate surface area is 85.8 Å². The van der Waals surface area contributed by atoms with Gasteiger partial charge < -0.3 is 5.32 Å². The highest BCUT2D eigenvalue weighted by molar-refractivity contribution is 5.17. The number of hydrogen-bond acceptors (Lipinski definition) is 2. The van der Waals surface area contributed by atoms with Gasteiger partial charge in [-0.2, -0.15) is 5.10 Å². The monoisotopic (exact) mass is 193 g/mol.